The van der Waals surface area contributed by atoms with Crippen LogP contribution in [0.2, 0.25) is 0 Å². The lowest BCUT2D eigenvalue weighted by atomic mass is 10.0. The lowest BCUT2D eigenvalue weighted by Crippen LogP contribution is -2.48. The van der Waals surface area contributed by atoms with Crippen molar-refractivity contribution in [2.45, 2.75) is 57.0 Å². The van der Waals surface area contributed by atoms with Gasteiger partial charge >= 0.3 is 0 Å². The van der Waals surface area contributed by atoms with E-state index in [2.05, 4.69) is 9.80 Å². The predicted molar refractivity (Wildman–Crippen MR) is 75.7 cm³/mol. The smallest absolute Gasteiger partial charge is 0.224 e. The Balaban J connectivity index is 1.55. The average molecular weight is 265 g/mol. The Morgan fingerprint density at radius 3 is 2.58 bits per heavy atom. The number of nitrogens with two attached hydrogens (primary N) is 1. The molecule has 3 atom stereocenters. The van der Waals surface area contributed by atoms with Crippen molar-refractivity contribution in [2.24, 2.45) is 11.7 Å². The number of nitrogens with zero attached hydrogens (tertiary/aromatic N) is 2. The maximum absolute atomic E-state index is 12.4. The van der Waals surface area contributed by atoms with E-state index in [0.29, 0.717) is 24.9 Å². The van der Waals surface area contributed by atoms with Crippen LogP contribution >= 0.6 is 0 Å². The quantitative estimate of drug-likeness (QED) is 0.831. The number of likely N-dealkylation sites (tertiary alicyclic amines) is 2. The number of piperidine rings is 2. The molecule has 3 fully saturated rings. The van der Waals surface area contributed by atoms with Crippen molar-refractivity contribution in [3.05, 3.63) is 0 Å². The van der Waals surface area contributed by atoms with Crippen LogP contribution in [0.1, 0.15) is 44.9 Å². The normalized spacial score (nSPS) is 32.8. The Hall–Kier alpha value is -0.610. The lowest BCUT2D eigenvalue weighted by molar-refractivity contribution is -0.133. The summed E-state index contributed by atoms with van der Waals surface area (Å²) in [5, 5.41) is 0. The summed E-state index contributed by atoms with van der Waals surface area (Å²) < 4.78 is 0. The van der Waals surface area contributed by atoms with E-state index in [1.54, 1.807) is 0 Å². The van der Waals surface area contributed by atoms with E-state index in [1.807, 2.05) is 0 Å². The summed E-state index contributed by atoms with van der Waals surface area (Å²) >= 11 is 0. The first-order valence-corrected chi connectivity index (χ1v) is 8.01. The largest absolute Gasteiger partial charge is 0.343 e. The van der Waals surface area contributed by atoms with Crippen LogP contribution in [0, 0.1) is 5.92 Å². The molecule has 2 saturated heterocycles. The van der Waals surface area contributed by atoms with Crippen molar-refractivity contribution in [3.8, 4) is 0 Å². The second-order valence-corrected chi connectivity index (χ2v) is 6.56. The molecule has 108 valence electrons. The van der Waals surface area contributed by atoms with Crippen molar-refractivity contribution in [1.29, 1.82) is 0 Å². The molecule has 0 spiro atoms. The van der Waals surface area contributed by atoms with E-state index < -0.39 is 0 Å². The van der Waals surface area contributed by atoms with E-state index in [0.717, 1.165) is 19.0 Å². The number of hydrogen-bond acceptors (Lipinski definition) is 3. The van der Waals surface area contributed by atoms with Gasteiger partial charge in [0.05, 0.1) is 0 Å². The molecule has 2 bridgehead atoms. The third-order valence-corrected chi connectivity index (χ3v) is 5.31. The van der Waals surface area contributed by atoms with Crippen LogP contribution in [-0.4, -0.2) is 54.0 Å². The minimum absolute atomic E-state index is 0.282. The third kappa shape index (κ3) is 2.79. The number of fused-ring (bicyclic) bond motifs is 2. The van der Waals surface area contributed by atoms with Gasteiger partial charge in [-0.1, -0.05) is 0 Å². The van der Waals surface area contributed by atoms with Gasteiger partial charge in [0.15, 0.2) is 0 Å². The number of hydrogen-bond donors (Lipinski definition) is 1. The zero-order valence-corrected chi connectivity index (χ0v) is 11.9. The van der Waals surface area contributed by atoms with E-state index in [1.165, 1.54) is 45.1 Å². The molecule has 2 aliphatic heterocycles. The van der Waals surface area contributed by atoms with Crippen LogP contribution in [0.15, 0.2) is 0 Å². The zero-order chi connectivity index (χ0) is 13.2. The summed E-state index contributed by atoms with van der Waals surface area (Å²) in [6, 6.07) is 0.998. The molecule has 3 rings (SSSR count). The summed E-state index contributed by atoms with van der Waals surface area (Å²) in [6.07, 6.45) is 8.31. The van der Waals surface area contributed by atoms with Crippen LogP contribution in [0.5, 0.6) is 0 Å². The van der Waals surface area contributed by atoms with Gasteiger partial charge in [-0.05, 0) is 44.4 Å². The second-order valence-electron chi connectivity index (χ2n) is 6.56. The van der Waals surface area contributed by atoms with Gasteiger partial charge in [0.2, 0.25) is 5.91 Å². The minimum Gasteiger partial charge on any atom is -0.343 e. The van der Waals surface area contributed by atoms with Crippen molar-refractivity contribution >= 4 is 5.91 Å². The summed E-state index contributed by atoms with van der Waals surface area (Å²) in [4.78, 5) is 17.0. The topological polar surface area (TPSA) is 49.6 Å². The summed E-state index contributed by atoms with van der Waals surface area (Å²) in [6.45, 7) is 3.73. The summed E-state index contributed by atoms with van der Waals surface area (Å²) in [5.41, 5.74) is 5.95. The van der Waals surface area contributed by atoms with Crippen molar-refractivity contribution in [3.63, 3.8) is 0 Å². The molecule has 3 aliphatic rings. The highest BCUT2D eigenvalue weighted by Gasteiger charge is 2.41. The first-order valence-electron chi connectivity index (χ1n) is 8.01. The standard InChI is InChI=1S/C15H27N3O/c16-10-14(18-11-12-4-5-13(18)8-12)9-15(19)17-6-2-1-3-7-17/h12-14H,1-11,16H2. The van der Waals surface area contributed by atoms with Crippen LogP contribution in [0.4, 0.5) is 0 Å². The molecule has 0 aromatic carbocycles. The molecule has 4 heteroatoms. The van der Waals surface area contributed by atoms with Gasteiger partial charge in [0.1, 0.15) is 0 Å². The molecule has 2 heterocycles. The van der Waals surface area contributed by atoms with Gasteiger partial charge in [-0.15, -0.1) is 0 Å². The second kappa shape index (κ2) is 5.80. The number of carbonyl (C=O) groups excluding carboxylic acids is 1. The van der Waals surface area contributed by atoms with E-state index in [9.17, 15) is 4.79 Å². The maximum atomic E-state index is 12.4. The highest BCUT2D eigenvalue weighted by molar-refractivity contribution is 5.77. The molecule has 1 saturated carbocycles. The SMILES string of the molecule is NCC(CC(=O)N1CCCCC1)N1CC2CCC1C2. The zero-order valence-electron chi connectivity index (χ0n) is 11.9. The Kier molecular flexibility index (Phi) is 4.08. The van der Waals surface area contributed by atoms with E-state index >= 15 is 0 Å². The molecule has 0 radical (unpaired) electrons. The van der Waals surface area contributed by atoms with Crippen LogP contribution in [0.3, 0.4) is 0 Å². The lowest BCUT2D eigenvalue weighted by Gasteiger charge is -2.35. The molecule has 1 amide bonds. The molecule has 0 aromatic rings. The fourth-order valence-corrected chi connectivity index (χ4v) is 4.22. The Bertz CT molecular complexity index is 327. The van der Waals surface area contributed by atoms with Gasteiger partial charge in [0, 0.05) is 44.7 Å². The maximum Gasteiger partial charge on any atom is 0.224 e. The fourth-order valence-electron chi connectivity index (χ4n) is 4.22. The van der Waals surface area contributed by atoms with Gasteiger partial charge in [0.25, 0.3) is 0 Å². The van der Waals surface area contributed by atoms with Crippen LogP contribution in [0.25, 0.3) is 0 Å². The molecule has 0 aromatic heterocycles. The Morgan fingerprint density at radius 2 is 2.00 bits per heavy atom. The van der Waals surface area contributed by atoms with E-state index in [-0.39, 0.29) is 6.04 Å². The monoisotopic (exact) mass is 265 g/mol. The molecule has 2 N–H and O–H groups in total. The molecule has 4 nitrogen and oxygen atoms in total. The van der Waals surface area contributed by atoms with Crippen molar-refractivity contribution in [2.75, 3.05) is 26.2 Å². The molecule has 19 heavy (non-hydrogen) atoms. The summed E-state index contributed by atoms with van der Waals surface area (Å²) in [7, 11) is 0. The van der Waals surface area contributed by atoms with Gasteiger partial charge in [-0.25, -0.2) is 0 Å². The third-order valence-electron chi connectivity index (χ3n) is 5.31. The van der Waals surface area contributed by atoms with E-state index in [4.69, 9.17) is 5.73 Å². The van der Waals surface area contributed by atoms with Crippen molar-refractivity contribution < 1.29 is 4.79 Å². The number of carbonyl (C=O) groups is 1. The van der Waals surface area contributed by atoms with Crippen LogP contribution in [-0.2, 0) is 4.79 Å². The van der Waals surface area contributed by atoms with Crippen LogP contribution < -0.4 is 5.73 Å². The highest BCUT2D eigenvalue weighted by atomic mass is 16.2. The Labute approximate surface area is 116 Å². The first kappa shape index (κ1) is 13.4. The number of amides is 1. The fraction of sp³-hybridized carbons (Fsp3) is 0.933. The molecular formula is C15H27N3O. The molecular weight excluding hydrogens is 238 g/mol. The molecule has 3 unspecified atom stereocenters. The molecule has 1 aliphatic carbocycles. The highest BCUT2D eigenvalue weighted by Crippen LogP contribution is 2.38. The Morgan fingerprint density at radius 1 is 1.21 bits per heavy atom. The minimum atomic E-state index is 0.282. The first-order chi connectivity index (χ1) is 9.28. The van der Waals surface area contributed by atoms with Gasteiger partial charge in [-0.2, -0.15) is 0 Å². The number of rotatable bonds is 4. The predicted octanol–water partition coefficient (Wildman–Crippen LogP) is 1.20. The van der Waals surface area contributed by atoms with Gasteiger partial charge in [-0.3, -0.25) is 9.69 Å². The summed E-state index contributed by atoms with van der Waals surface area (Å²) in [5.74, 6) is 1.21. The van der Waals surface area contributed by atoms with Gasteiger partial charge < -0.3 is 10.6 Å². The average Bonchev–Trinajstić information content (AvgIpc) is 3.08. The van der Waals surface area contributed by atoms with Crippen molar-refractivity contribution in [1.82, 2.24) is 9.80 Å².